The van der Waals surface area contributed by atoms with Gasteiger partial charge in [-0.05, 0) is 60.1 Å². The Kier molecular flexibility index (Phi) is 4.30. The lowest BCUT2D eigenvalue weighted by atomic mass is 9.95. The van der Waals surface area contributed by atoms with Gasteiger partial charge < -0.3 is 10.5 Å². The number of ether oxygens (including phenoxy) is 1. The fourth-order valence-corrected chi connectivity index (χ4v) is 3.04. The van der Waals surface area contributed by atoms with Gasteiger partial charge in [0.05, 0.1) is 18.9 Å². The minimum atomic E-state index is 0.0470. The summed E-state index contributed by atoms with van der Waals surface area (Å²) in [5.74, 6) is 0.828. The third-order valence-corrected chi connectivity index (χ3v) is 4.29. The van der Waals surface area contributed by atoms with Crippen LogP contribution in [0.3, 0.4) is 0 Å². The number of thiocarbonyl (C=S) groups is 1. The lowest BCUT2D eigenvalue weighted by Crippen LogP contribution is -2.31. The molecule has 23 heavy (non-hydrogen) atoms. The minimum absolute atomic E-state index is 0.0470. The van der Waals surface area contributed by atoms with Crippen LogP contribution in [0.1, 0.15) is 29.2 Å². The first-order valence-corrected chi connectivity index (χ1v) is 7.87. The summed E-state index contributed by atoms with van der Waals surface area (Å²) in [6, 6.07) is 16.2. The first-order chi connectivity index (χ1) is 11.1. The van der Waals surface area contributed by atoms with Crippen LogP contribution < -0.4 is 10.5 Å². The van der Waals surface area contributed by atoms with Gasteiger partial charge in [-0.25, -0.2) is 5.01 Å². The molecule has 1 heterocycles. The molecule has 5 heteroatoms. The Hall–Kier alpha value is -2.40. The fraction of sp³-hybridized carbons (Fsp3) is 0.222. The van der Waals surface area contributed by atoms with Crippen molar-refractivity contribution < 1.29 is 4.74 Å². The van der Waals surface area contributed by atoms with Gasteiger partial charge in [0.15, 0.2) is 5.11 Å². The fourth-order valence-electron chi connectivity index (χ4n) is 2.87. The van der Waals surface area contributed by atoms with E-state index in [0.717, 1.165) is 23.4 Å². The quantitative estimate of drug-likeness (QED) is 0.879. The van der Waals surface area contributed by atoms with Gasteiger partial charge in [-0.3, -0.25) is 0 Å². The van der Waals surface area contributed by atoms with Crippen LogP contribution in [0.2, 0.25) is 0 Å². The van der Waals surface area contributed by atoms with E-state index in [9.17, 15) is 0 Å². The van der Waals surface area contributed by atoms with Gasteiger partial charge in [-0.1, -0.05) is 24.3 Å². The maximum absolute atomic E-state index is 5.89. The number of methoxy groups -OCH3 is 1. The molecule has 0 aliphatic carbocycles. The second kappa shape index (κ2) is 6.38. The zero-order valence-corrected chi connectivity index (χ0v) is 14.0. The minimum Gasteiger partial charge on any atom is -0.497 e. The van der Waals surface area contributed by atoms with Crippen LogP contribution in [0, 0.1) is 6.92 Å². The van der Waals surface area contributed by atoms with Crippen LogP contribution in [0.25, 0.3) is 0 Å². The van der Waals surface area contributed by atoms with E-state index in [0.29, 0.717) is 5.11 Å². The number of aryl methyl sites for hydroxylation is 1. The summed E-state index contributed by atoms with van der Waals surface area (Å²) in [5.41, 5.74) is 10.3. The van der Waals surface area contributed by atoms with E-state index in [1.807, 2.05) is 36.4 Å². The Morgan fingerprint density at radius 3 is 2.52 bits per heavy atom. The molecule has 1 aliphatic rings. The van der Waals surface area contributed by atoms with Crippen LogP contribution >= 0.6 is 12.2 Å². The number of benzene rings is 2. The molecule has 0 spiro atoms. The Labute approximate surface area is 141 Å². The molecule has 0 fully saturated rings. The average Bonchev–Trinajstić information content (AvgIpc) is 3.01. The van der Waals surface area contributed by atoms with Crippen molar-refractivity contribution in [2.45, 2.75) is 19.4 Å². The average molecular weight is 325 g/mol. The van der Waals surface area contributed by atoms with Crippen molar-refractivity contribution in [2.75, 3.05) is 7.11 Å². The molecule has 3 rings (SSSR count). The smallest absolute Gasteiger partial charge is 0.187 e. The Morgan fingerprint density at radius 2 is 1.91 bits per heavy atom. The van der Waals surface area contributed by atoms with Gasteiger partial charge in [0.25, 0.3) is 0 Å². The van der Waals surface area contributed by atoms with Gasteiger partial charge in [0, 0.05) is 6.42 Å². The third kappa shape index (κ3) is 3.05. The predicted molar refractivity (Wildman–Crippen MR) is 96.7 cm³/mol. The first kappa shape index (κ1) is 15.5. The van der Waals surface area contributed by atoms with Crippen molar-refractivity contribution in [3.8, 4) is 5.75 Å². The van der Waals surface area contributed by atoms with Crippen molar-refractivity contribution in [2.24, 2.45) is 10.8 Å². The highest BCUT2D eigenvalue weighted by Crippen LogP contribution is 2.34. The number of hydrogen-bond donors (Lipinski definition) is 1. The second-order valence-corrected chi connectivity index (χ2v) is 5.95. The van der Waals surface area contributed by atoms with E-state index in [4.69, 9.17) is 22.7 Å². The van der Waals surface area contributed by atoms with E-state index in [-0.39, 0.29) is 6.04 Å². The number of hydrogen-bond acceptors (Lipinski definition) is 3. The summed E-state index contributed by atoms with van der Waals surface area (Å²) >= 11 is 5.19. The third-order valence-electron chi connectivity index (χ3n) is 4.11. The van der Waals surface area contributed by atoms with Crippen molar-refractivity contribution in [3.05, 3.63) is 65.2 Å². The molecule has 0 bridgehead atoms. The standard InChI is InChI=1S/C18H19N3OS/c1-12-5-3-4-6-15(12)17-11-16(20-21(17)18(19)23)13-7-9-14(22-2)10-8-13/h3-10,17H,11H2,1-2H3,(H2,19,23)/t17-/m1/s1. The van der Waals surface area contributed by atoms with Crippen molar-refractivity contribution in [3.63, 3.8) is 0 Å². The zero-order valence-electron chi connectivity index (χ0n) is 13.2. The van der Waals surface area contributed by atoms with E-state index in [2.05, 4.69) is 24.2 Å². The SMILES string of the molecule is COc1ccc(C2=NN(C(N)=S)[C@@H](c3ccccc3C)C2)cc1. The number of nitrogens with two attached hydrogens (primary N) is 1. The molecule has 1 atom stereocenters. The molecule has 0 unspecified atom stereocenters. The van der Waals surface area contributed by atoms with Gasteiger partial charge in [-0.15, -0.1) is 0 Å². The van der Waals surface area contributed by atoms with E-state index in [1.54, 1.807) is 12.1 Å². The lowest BCUT2D eigenvalue weighted by Gasteiger charge is -2.23. The predicted octanol–water partition coefficient (Wildman–Crippen LogP) is 3.40. The largest absolute Gasteiger partial charge is 0.497 e. The van der Waals surface area contributed by atoms with Gasteiger partial charge in [0.2, 0.25) is 0 Å². The molecule has 4 nitrogen and oxygen atoms in total. The maximum atomic E-state index is 5.89. The number of rotatable bonds is 3. The van der Waals surface area contributed by atoms with Crippen LogP contribution in [0.5, 0.6) is 5.75 Å². The van der Waals surface area contributed by atoms with Crippen molar-refractivity contribution >= 4 is 23.0 Å². The zero-order chi connectivity index (χ0) is 16.4. The highest BCUT2D eigenvalue weighted by molar-refractivity contribution is 7.80. The Balaban J connectivity index is 1.93. The maximum Gasteiger partial charge on any atom is 0.187 e. The number of nitrogens with zero attached hydrogens (tertiary/aromatic N) is 2. The highest BCUT2D eigenvalue weighted by Gasteiger charge is 2.31. The van der Waals surface area contributed by atoms with Crippen molar-refractivity contribution in [1.29, 1.82) is 0 Å². The molecular weight excluding hydrogens is 306 g/mol. The highest BCUT2D eigenvalue weighted by atomic mass is 32.1. The summed E-state index contributed by atoms with van der Waals surface area (Å²) in [7, 11) is 1.66. The summed E-state index contributed by atoms with van der Waals surface area (Å²) in [6.07, 6.45) is 0.772. The number of hydrazone groups is 1. The molecule has 2 aromatic rings. The molecule has 0 amide bonds. The summed E-state index contributed by atoms with van der Waals surface area (Å²) in [5, 5.41) is 6.70. The summed E-state index contributed by atoms with van der Waals surface area (Å²) < 4.78 is 5.21. The normalized spacial score (nSPS) is 17.0. The molecule has 2 N–H and O–H groups in total. The Morgan fingerprint density at radius 1 is 1.22 bits per heavy atom. The lowest BCUT2D eigenvalue weighted by molar-refractivity contribution is 0.371. The molecule has 2 aromatic carbocycles. The molecule has 0 aromatic heterocycles. The molecule has 118 valence electrons. The molecule has 0 radical (unpaired) electrons. The van der Waals surface area contributed by atoms with Gasteiger partial charge in [-0.2, -0.15) is 5.10 Å². The molecular formula is C18H19N3OS. The first-order valence-electron chi connectivity index (χ1n) is 7.46. The van der Waals surface area contributed by atoms with Crippen LogP contribution in [-0.2, 0) is 0 Å². The van der Waals surface area contributed by atoms with E-state index in [1.165, 1.54) is 11.1 Å². The van der Waals surface area contributed by atoms with Crippen molar-refractivity contribution in [1.82, 2.24) is 5.01 Å². The van der Waals surface area contributed by atoms with Gasteiger partial charge >= 0.3 is 0 Å². The monoisotopic (exact) mass is 325 g/mol. The second-order valence-electron chi connectivity index (χ2n) is 5.53. The van der Waals surface area contributed by atoms with Crippen LogP contribution in [-0.4, -0.2) is 22.9 Å². The van der Waals surface area contributed by atoms with Crippen LogP contribution in [0.4, 0.5) is 0 Å². The van der Waals surface area contributed by atoms with E-state index >= 15 is 0 Å². The van der Waals surface area contributed by atoms with Crippen LogP contribution in [0.15, 0.2) is 53.6 Å². The Bertz CT molecular complexity index is 755. The van der Waals surface area contributed by atoms with Gasteiger partial charge in [0.1, 0.15) is 5.75 Å². The summed E-state index contributed by atoms with van der Waals surface area (Å²) in [6.45, 7) is 2.10. The summed E-state index contributed by atoms with van der Waals surface area (Å²) in [4.78, 5) is 0. The molecule has 1 aliphatic heterocycles. The molecule has 0 saturated heterocycles. The van der Waals surface area contributed by atoms with E-state index < -0.39 is 0 Å². The topological polar surface area (TPSA) is 50.8 Å². The molecule has 0 saturated carbocycles.